The van der Waals surface area contributed by atoms with Crippen LogP contribution in [0.25, 0.3) is 0 Å². The SMILES string of the molecule is Cc1ccccc1NC=[NH+]c1ccccc1C.[Cl-]. The third-order valence-electron chi connectivity index (χ3n) is 2.75. The van der Waals surface area contributed by atoms with Crippen molar-refractivity contribution < 1.29 is 17.4 Å². The van der Waals surface area contributed by atoms with Gasteiger partial charge in [0.25, 0.3) is 0 Å². The van der Waals surface area contributed by atoms with Crippen LogP contribution >= 0.6 is 0 Å². The second kappa shape index (κ2) is 6.82. The summed E-state index contributed by atoms with van der Waals surface area (Å²) in [5.41, 5.74) is 4.70. The summed E-state index contributed by atoms with van der Waals surface area (Å²) >= 11 is 0. The number of nitrogens with one attached hydrogen (secondary N) is 2. The number of hydrogen-bond acceptors (Lipinski definition) is 0. The van der Waals surface area contributed by atoms with Crippen molar-refractivity contribution in [2.45, 2.75) is 13.8 Å². The van der Waals surface area contributed by atoms with Crippen LogP contribution in [-0.4, -0.2) is 6.34 Å². The summed E-state index contributed by atoms with van der Waals surface area (Å²) in [5, 5.41) is 3.25. The van der Waals surface area contributed by atoms with E-state index >= 15 is 0 Å². The summed E-state index contributed by atoms with van der Waals surface area (Å²) in [6.07, 6.45) is 1.87. The molecule has 0 spiro atoms. The minimum absolute atomic E-state index is 0. The molecule has 0 saturated carbocycles. The summed E-state index contributed by atoms with van der Waals surface area (Å²) < 4.78 is 0. The van der Waals surface area contributed by atoms with Crippen molar-refractivity contribution in [1.29, 1.82) is 0 Å². The summed E-state index contributed by atoms with van der Waals surface area (Å²) in [5.74, 6) is 0. The Morgan fingerprint density at radius 3 is 2.17 bits per heavy atom. The van der Waals surface area contributed by atoms with Gasteiger partial charge in [-0.05, 0) is 37.1 Å². The number of halogens is 1. The summed E-state index contributed by atoms with van der Waals surface area (Å²) in [6, 6.07) is 16.4. The molecule has 0 unspecified atom stereocenters. The highest BCUT2D eigenvalue weighted by atomic mass is 35.5. The van der Waals surface area contributed by atoms with E-state index in [0.29, 0.717) is 0 Å². The van der Waals surface area contributed by atoms with E-state index in [2.05, 4.69) is 48.4 Å². The Hall–Kier alpha value is -1.80. The standard InChI is InChI=1S/C15H16N2.ClH/c1-12-7-3-5-9-14(12)16-11-17-15-10-6-4-8-13(15)2;/h3-11H,1-2H3,(H,16,17);1H. The fourth-order valence-electron chi connectivity index (χ4n) is 1.66. The predicted molar refractivity (Wildman–Crippen MR) is 72.7 cm³/mol. The zero-order valence-corrected chi connectivity index (χ0v) is 11.3. The molecule has 2 aromatic rings. The molecule has 0 aromatic heterocycles. The van der Waals surface area contributed by atoms with Crippen molar-refractivity contribution in [3.8, 4) is 0 Å². The van der Waals surface area contributed by atoms with E-state index < -0.39 is 0 Å². The van der Waals surface area contributed by atoms with Gasteiger partial charge >= 0.3 is 0 Å². The van der Waals surface area contributed by atoms with Crippen LogP contribution in [-0.2, 0) is 0 Å². The molecule has 0 saturated heterocycles. The number of aryl methyl sites for hydroxylation is 2. The van der Waals surface area contributed by atoms with Crippen LogP contribution in [0.15, 0.2) is 48.5 Å². The van der Waals surface area contributed by atoms with Gasteiger partial charge in [0, 0.05) is 0 Å². The van der Waals surface area contributed by atoms with Crippen LogP contribution in [0.3, 0.4) is 0 Å². The highest BCUT2D eigenvalue weighted by molar-refractivity contribution is 5.74. The highest BCUT2D eigenvalue weighted by Crippen LogP contribution is 2.11. The van der Waals surface area contributed by atoms with Gasteiger partial charge in [-0.25, -0.2) is 10.3 Å². The minimum atomic E-state index is 0. The second-order valence-electron chi connectivity index (χ2n) is 4.06. The molecule has 0 aliphatic heterocycles. The van der Waals surface area contributed by atoms with Crippen molar-refractivity contribution in [2.75, 3.05) is 5.32 Å². The molecule has 94 valence electrons. The van der Waals surface area contributed by atoms with Crippen molar-refractivity contribution in [3.63, 3.8) is 0 Å². The van der Waals surface area contributed by atoms with E-state index in [9.17, 15) is 0 Å². The highest BCUT2D eigenvalue weighted by Gasteiger charge is 1.98. The lowest BCUT2D eigenvalue weighted by Gasteiger charge is -1.98. The number of para-hydroxylation sites is 2. The molecule has 0 aliphatic carbocycles. The van der Waals surface area contributed by atoms with Gasteiger partial charge in [0.05, 0.1) is 0 Å². The molecule has 2 N–H and O–H groups in total. The maximum absolute atomic E-state index is 3.25. The van der Waals surface area contributed by atoms with E-state index in [4.69, 9.17) is 0 Å². The third kappa shape index (κ3) is 3.60. The van der Waals surface area contributed by atoms with E-state index in [-0.39, 0.29) is 12.4 Å². The normalized spacial score (nSPS) is 10.1. The van der Waals surface area contributed by atoms with Crippen LogP contribution < -0.4 is 22.7 Å². The van der Waals surface area contributed by atoms with E-state index in [1.165, 1.54) is 11.1 Å². The Labute approximate surface area is 114 Å². The summed E-state index contributed by atoms with van der Waals surface area (Å²) in [7, 11) is 0. The fraction of sp³-hybridized carbons (Fsp3) is 0.133. The summed E-state index contributed by atoms with van der Waals surface area (Å²) in [4.78, 5) is 3.25. The van der Waals surface area contributed by atoms with Crippen molar-refractivity contribution in [1.82, 2.24) is 0 Å². The van der Waals surface area contributed by atoms with E-state index in [1.807, 2.05) is 30.6 Å². The average Bonchev–Trinajstić information content (AvgIpc) is 2.34. The van der Waals surface area contributed by atoms with Gasteiger partial charge in [-0.15, -0.1) is 0 Å². The molecule has 0 heterocycles. The number of hydrogen-bond donors (Lipinski definition) is 2. The number of benzene rings is 2. The van der Waals surface area contributed by atoms with Crippen LogP contribution in [0.4, 0.5) is 11.4 Å². The van der Waals surface area contributed by atoms with E-state index in [1.54, 1.807) is 0 Å². The van der Waals surface area contributed by atoms with Gasteiger partial charge < -0.3 is 12.4 Å². The Bertz CT molecular complexity index is 536. The Kier molecular flexibility index (Phi) is 5.40. The molecule has 0 aliphatic rings. The predicted octanol–water partition coefficient (Wildman–Crippen LogP) is -0.840. The first-order valence-electron chi connectivity index (χ1n) is 5.73. The van der Waals surface area contributed by atoms with Gasteiger partial charge in [-0.3, -0.25) is 0 Å². The maximum atomic E-state index is 3.25. The zero-order chi connectivity index (χ0) is 12.1. The van der Waals surface area contributed by atoms with Gasteiger partial charge in [-0.1, -0.05) is 36.4 Å². The lowest BCUT2D eigenvalue weighted by Crippen LogP contribution is -3.00. The van der Waals surface area contributed by atoms with Gasteiger partial charge in [0.1, 0.15) is 11.4 Å². The topological polar surface area (TPSA) is 26.0 Å². The van der Waals surface area contributed by atoms with Gasteiger partial charge in [-0.2, -0.15) is 0 Å². The van der Waals surface area contributed by atoms with E-state index in [0.717, 1.165) is 11.4 Å². The van der Waals surface area contributed by atoms with Crippen molar-refractivity contribution in [3.05, 3.63) is 59.7 Å². The van der Waals surface area contributed by atoms with Crippen LogP contribution in [0.5, 0.6) is 0 Å². The molecule has 0 atom stereocenters. The van der Waals surface area contributed by atoms with Crippen LogP contribution in [0.1, 0.15) is 11.1 Å². The fourth-order valence-corrected chi connectivity index (χ4v) is 1.66. The Morgan fingerprint density at radius 2 is 1.50 bits per heavy atom. The number of rotatable bonds is 3. The van der Waals surface area contributed by atoms with Crippen LogP contribution in [0, 0.1) is 13.8 Å². The Morgan fingerprint density at radius 1 is 0.889 bits per heavy atom. The summed E-state index contributed by atoms with van der Waals surface area (Å²) in [6.45, 7) is 4.17. The smallest absolute Gasteiger partial charge is 0.240 e. The lowest BCUT2D eigenvalue weighted by molar-refractivity contribution is -0.348. The lowest BCUT2D eigenvalue weighted by atomic mass is 10.2. The molecular formula is C15H17ClN2. The molecule has 3 heteroatoms. The van der Waals surface area contributed by atoms with Gasteiger partial charge in [0.15, 0.2) is 0 Å². The monoisotopic (exact) mass is 260 g/mol. The maximum Gasteiger partial charge on any atom is 0.240 e. The molecule has 2 aromatic carbocycles. The number of anilines is 1. The quantitative estimate of drug-likeness (QED) is 0.546. The first kappa shape index (κ1) is 14.3. The largest absolute Gasteiger partial charge is 1.00 e. The molecular weight excluding hydrogens is 244 g/mol. The molecule has 2 nitrogen and oxygen atoms in total. The Balaban J connectivity index is 0.00000162. The van der Waals surface area contributed by atoms with Crippen molar-refractivity contribution in [2.24, 2.45) is 0 Å². The van der Waals surface area contributed by atoms with Crippen molar-refractivity contribution >= 4 is 17.7 Å². The van der Waals surface area contributed by atoms with Crippen LogP contribution in [0.2, 0.25) is 0 Å². The molecule has 0 amide bonds. The minimum Gasteiger partial charge on any atom is -1.00 e. The second-order valence-corrected chi connectivity index (χ2v) is 4.06. The first-order chi connectivity index (χ1) is 8.27. The average molecular weight is 261 g/mol. The molecule has 0 fully saturated rings. The molecule has 0 bridgehead atoms. The zero-order valence-electron chi connectivity index (χ0n) is 10.6. The first-order valence-corrected chi connectivity index (χ1v) is 5.73. The molecule has 18 heavy (non-hydrogen) atoms. The molecule has 2 rings (SSSR count). The van der Waals surface area contributed by atoms with Gasteiger partial charge in [0.2, 0.25) is 6.34 Å². The third-order valence-corrected chi connectivity index (χ3v) is 2.75. The molecule has 0 radical (unpaired) electrons.